The second-order valence-corrected chi connectivity index (χ2v) is 5.82. The van der Waals surface area contributed by atoms with Crippen molar-refractivity contribution in [2.24, 2.45) is 5.92 Å². The molecule has 20 heavy (non-hydrogen) atoms. The number of carbonyl (C=O) groups excluding carboxylic acids is 2. The van der Waals surface area contributed by atoms with Crippen LogP contribution in [0.1, 0.15) is 19.3 Å². The van der Waals surface area contributed by atoms with Gasteiger partial charge in [-0.25, -0.2) is 0 Å². The third-order valence-corrected chi connectivity index (χ3v) is 3.99. The lowest BCUT2D eigenvalue weighted by Crippen LogP contribution is -2.22. The maximum absolute atomic E-state index is 11.7. The standard InChI is InChI=1S/C15H16INO3/c16-12-7-3-4-8-13(12)17-14(18)10-20-15(19)9-11-5-1-2-6-11/h1,3-5,7-8,11H,2,6,9-10H2,(H,17,18)/t11-/m1/s1. The van der Waals surface area contributed by atoms with Crippen molar-refractivity contribution in [1.29, 1.82) is 0 Å². The molecule has 0 fully saturated rings. The van der Waals surface area contributed by atoms with Gasteiger partial charge in [-0.15, -0.1) is 0 Å². The molecule has 1 aliphatic carbocycles. The number of anilines is 1. The smallest absolute Gasteiger partial charge is 0.306 e. The molecule has 1 aromatic carbocycles. The van der Waals surface area contributed by atoms with Crippen LogP contribution in [0.3, 0.4) is 0 Å². The summed E-state index contributed by atoms with van der Waals surface area (Å²) >= 11 is 2.14. The minimum absolute atomic E-state index is 0.236. The lowest BCUT2D eigenvalue weighted by molar-refractivity contribution is -0.147. The van der Waals surface area contributed by atoms with Crippen molar-refractivity contribution < 1.29 is 14.3 Å². The van der Waals surface area contributed by atoms with Gasteiger partial charge < -0.3 is 10.1 Å². The van der Waals surface area contributed by atoms with Gasteiger partial charge in [0.1, 0.15) is 0 Å². The van der Waals surface area contributed by atoms with E-state index in [4.69, 9.17) is 4.74 Å². The Balaban J connectivity index is 1.73. The van der Waals surface area contributed by atoms with Gasteiger partial charge in [-0.3, -0.25) is 9.59 Å². The largest absolute Gasteiger partial charge is 0.456 e. The second kappa shape index (κ2) is 7.42. The van der Waals surface area contributed by atoms with Crippen molar-refractivity contribution in [3.63, 3.8) is 0 Å². The molecule has 0 heterocycles. The highest BCUT2D eigenvalue weighted by atomic mass is 127. The van der Waals surface area contributed by atoms with E-state index in [9.17, 15) is 9.59 Å². The summed E-state index contributed by atoms with van der Waals surface area (Å²) in [5.74, 6) is -0.371. The first-order valence-electron chi connectivity index (χ1n) is 6.52. The molecular weight excluding hydrogens is 369 g/mol. The molecule has 1 amide bonds. The first kappa shape index (κ1) is 15.0. The number of halogens is 1. The van der Waals surface area contributed by atoms with Crippen LogP contribution in [0.4, 0.5) is 5.69 Å². The molecule has 0 aliphatic heterocycles. The minimum atomic E-state index is -0.320. The maximum Gasteiger partial charge on any atom is 0.306 e. The Bertz CT molecular complexity index is 528. The van der Waals surface area contributed by atoms with Crippen molar-refractivity contribution in [3.8, 4) is 0 Å². The molecule has 0 unspecified atom stereocenters. The highest BCUT2D eigenvalue weighted by Gasteiger charge is 2.16. The lowest BCUT2D eigenvalue weighted by atomic mass is 10.1. The molecular formula is C15H16INO3. The molecule has 2 rings (SSSR count). The lowest BCUT2D eigenvalue weighted by Gasteiger charge is -2.09. The zero-order chi connectivity index (χ0) is 14.4. The van der Waals surface area contributed by atoms with Gasteiger partial charge in [-0.05, 0) is 53.5 Å². The number of amides is 1. The van der Waals surface area contributed by atoms with Crippen molar-refractivity contribution in [2.75, 3.05) is 11.9 Å². The van der Waals surface area contributed by atoms with Gasteiger partial charge in [-0.1, -0.05) is 24.3 Å². The number of para-hydroxylation sites is 1. The van der Waals surface area contributed by atoms with Crippen LogP contribution in [0.15, 0.2) is 36.4 Å². The van der Waals surface area contributed by atoms with E-state index in [1.807, 2.05) is 30.3 Å². The summed E-state index contributed by atoms with van der Waals surface area (Å²) in [5.41, 5.74) is 0.730. The zero-order valence-corrected chi connectivity index (χ0v) is 13.1. The predicted octanol–water partition coefficient (Wildman–Crippen LogP) is 3.13. The first-order valence-corrected chi connectivity index (χ1v) is 7.59. The van der Waals surface area contributed by atoms with Crippen LogP contribution in [-0.2, 0) is 14.3 Å². The van der Waals surface area contributed by atoms with E-state index in [1.165, 1.54) is 0 Å². The fourth-order valence-corrected chi connectivity index (χ4v) is 2.56. The Labute approximate surface area is 131 Å². The van der Waals surface area contributed by atoms with Crippen LogP contribution in [0, 0.1) is 9.49 Å². The molecule has 1 aliphatic rings. The van der Waals surface area contributed by atoms with E-state index in [0.29, 0.717) is 6.42 Å². The number of rotatable bonds is 5. The van der Waals surface area contributed by atoms with Crippen LogP contribution < -0.4 is 5.32 Å². The van der Waals surface area contributed by atoms with Gasteiger partial charge in [0.2, 0.25) is 0 Å². The van der Waals surface area contributed by atoms with Gasteiger partial charge in [0.15, 0.2) is 6.61 Å². The molecule has 0 bridgehead atoms. The molecule has 0 spiro atoms. The normalized spacial score (nSPS) is 16.9. The minimum Gasteiger partial charge on any atom is -0.456 e. The van der Waals surface area contributed by atoms with Crippen molar-refractivity contribution in [1.82, 2.24) is 0 Å². The number of ether oxygens (including phenoxy) is 1. The maximum atomic E-state index is 11.7. The molecule has 5 heteroatoms. The molecule has 0 radical (unpaired) electrons. The summed E-state index contributed by atoms with van der Waals surface area (Å²) in [4.78, 5) is 23.3. The highest BCUT2D eigenvalue weighted by molar-refractivity contribution is 14.1. The fourth-order valence-electron chi connectivity index (χ4n) is 2.03. The van der Waals surface area contributed by atoms with E-state index in [2.05, 4.69) is 34.0 Å². The van der Waals surface area contributed by atoms with Crippen LogP contribution in [0.25, 0.3) is 0 Å². The summed E-state index contributed by atoms with van der Waals surface area (Å²) < 4.78 is 5.94. The van der Waals surface area contributed by atoms with Crippen LogP contribution in [-0.4, -0.2) is 18.5 Å². The summed E-state index contributed by atoms with van der Waals surface area (Å²) in [6.07, 6.45) is 6.47. The third-order valence-electron chi connectivity index (χ3n) is 3.05. The summed E-state index contributed by atoms with van der Waals surface area (Å²) in [5, 5.41) is 2.72. The van der Waals surface area contributed by atoms with Gasteiger partial charge in [0.05, 0.1) is 12.1 Å². The van der Waals surface area contributed by atoms with Crippen molar-refractivity contribution in [2.45, 2.75) is 19.3 Å². The molecule has 4 nitrogen and oxygen atoms in total. The Morgan fingerprint density at radius 3 is 2.85 bits per heavy atom. The molecule has 106 valence electrons. The van der Waals surface area contributed by atoms with Gasteiger partial charge in [-0.2, -0.15) is 0 Å². The Hall–Kier alpha value is -1.37. The highest BCUT2D eigenvalue weighted by Crippen LogP contribution is 2.20. The van der Waals surface area contributed by atoms with Crippen molar-refractivity contribution >= 4 is 40.2 Å². The Morgan fingerprint density at radius 2 is 2.15 bits per heavy atom. The topological polar surface area (TPSA) is 55.4 Å². The van der Waals surface area contributed by atoms with Crippen LogP contribution in [0.5, 0.6) is 0 Å². The van der Waals surface area contributed by atoms with Crippen molar-refractivity contribution in [3.05, 3.63) is 40.0 Å². The van der Waals surface area contributed by atoms with E-state index < -0.39 is 0 Å². The molecule has 1 aromatic rings. The van der Waals surface area contributed by atoms with E-state index in [0.717, 1.165) is 22.1 Å². The van der Waals surface area contributed by atoms with Crippen LogP contribution >= 0.6 is 22.6 Å². The quantitative estimate of drug-likeness (QED) is 0.482. The predicted molar refractivity (Wildman–Crippen MR) is 85.2 cm³/mol. The number of carbonyl (C=O) groups is 2. The fraction of sp³-hybridized carbons (Fsp3) is 0.333. The number of esters is 1. The average Bonchev–Trinajstić information content (AvgIpc) is 2.92. The van der Waals surface area contributed by atoms with Gasteiger partial charge >= 0.3 is 5.97 Å². The summed E-state index contributed by atoms with van der Waals surface area (Å²) in [6, 6.07) is 7.45. The average molecular weight is 385 g/mol. The van der Waals surface area contributed by atoms with E-state index in [1.54, 1.807) is 0 Å². The molecule has 0 saturated heterocycles. The molecule has 1 N–H and O–H groups in total. The molecule has 1 atom stereocenters. The van der Waals surface area contributed by atoms with E-state index in [-0.39, 0.29) is 24.4 Å². The number of benzene rings is 1. The number of nitrogens with one attached hydrogen (secondary N) is 1. The third kappa shape index (κ3) is 4.63. The number of hydrogen-bond donors (Lipinski definition) is 1. The first-order chi connectivity index (χ1) is 9.65. The molecule has 0 saturated carbocycles. The Morgan fingerprint density at radius 1 is 1.35 bits per heavy atom. The zero-order valence-electron chi connectivity index (χ0n) is 11.0. The van der Waals surface area contributed by atoms with E-state index >= 15 is 0 Å². The van der Waals surface area contributed by atoms with Gasteiger partial charge in [0, 0.05) is 3.57 Å². The SMILES string of the molecule is O=C(COC(=O)C[C@@H]1C=CCC1)Nc1ccccc1I. The Kier molecular flexibility index (Phi) is 5.58. The second-order valence-electron chi connectivity index (χ2n) is 4.66. The summed E-state index contributed by atoms with van der Waals surface area (Å²) in [7, 11) is 0. The summed E-state index contributed by atoms with van der Waals surface area (Å²) in [6.45, 7) is -0.236. The van der Waals surface area contributed by atoms with Gasteiger partial charge in [0.25, 0.3) is 5.91 Å². The number of hydrogen-bond acceptors (Lipinski definition) is 3. The monoisotopic (exact) mass is 385 g/mol. The molecule has 0 aromatic heterocycles. The van der Waals surface area contributed by atoms with Crippen LogP contribution in [0.2, 0.25) is 0 Å². The number of allylic oxidation sites excluding steroid dienone is 2.